The van der Waals surface area contributed by atoms with Crippen LogP contribution in [0.25, 0.3) is 0 Å². The lowest BCUT2D eigenvalue weighted by Gasteiger charge is -2.24. The number of anilines is 1. The first-order valence-corrected chi connectivity index (χ1v) is 12.5. The minimum Gasteiger partial charge on any atom is -0.481 e. The van der Waals surface area contributed by atoms with E-state index in [2.05, 4.69) is 22.6 Å². The maximum Gasteiger partial charge on any atom is 0.303 e. The Kier molecular flexibility index (Phi) is 7.50. The van der Waals surface area contributed by atoms with E-state index in [1.54, 1.807) is 6.26 Å². The van der Waals surface area contributed by atoms with Gasteiger partial charge in [0.25, 0.3) is 0 Å². The molecular weight excluding hydrogens is 458 g/mol. The van der Waals surface area contributed by atoms with Crippen LogP contribution < -0.4 is 5.32 Å². The second kappa shape index (κ2) is 11.3. The number of hydrogen-bond donors (Lipinski definition) is 2. The summed E-state index contributed by atoms with van der Waals surface area (Å²) < 4.78 is 16.7. The number of carboxylic acids is 1. The summed E-state index contributed by atoms with van der Waals surface area (Å²) in [5.74, 6) is 0.842. The lowest BCUT2D eigenvalue weighted by Crippen LogP contribution is -2.22. The number of ether oxygens (including phenoxy) is 2. The predicted molar refractivity (Wildman–Crippen MR) is 133 cm³/mol. The third-order valence-electron chi connectivity index (χ3n) is 6.75. The number of benzene rings is 1. The Labute approximate surface area is 210 Å². The van der Waals surface area contributed by atoms with Crippen LogP contribution in [0.3, 0.4) is 0 Å². The molecule has 36 heavy (non-hydrogen) atoms. The van der Waals surface area contributed by atoms with E-state index in [9.17, 15) is 9.90 Å². The van der Waals surface area contributed by atoms with Gasteiger partial charge in [0.15, 0.2) is 0 Å². The summed E-state index contributed by atoms with van der Waals surface area (Å²) in [7, 11) is 0. The number of carbonyl (C=O) groups is 1. The van der Waals surface area contributed by atoms with Crippen molar-refractivity contribution in [3.05, 3.63) is 88.8 Å². The normalized spacial score (nSPS) is 16.2. The number of nitrogens with one attached hydrogen (secondary N) is 1. The first-order valence-electron chi connectivity index (χ1n) is 12.5. The van der Waals surface area contributed by atoms with Gasteiger partial charge in [-0.15, -0.1) is 0 Å². The molecule has 0 fully saturated rings. The lowest BCUT2D eigenvalue weighted by molar-refractivity contribution is -0.138. The van der Waals surface area contributed by atoms with Crippen molar-refractivity contribution in [3.8, 4) is 0 Å². The highest BCUT2D eigenvalue weighted by atomic mass is 16.7. The molecule has 2 atom stereocenters. The van der Waals surface area contributed by atoms with Crippen LogP contribution in [0.1, 0.15) is 53.5 Å². The van der Waals surface area contributed by atoms with Crippen molar-refractivity contribution < 1.29 is 23.9 Å². The van der Waals surface area contributed by atoms with Crippen LogP contribution in [-0.2, 0) is 40.0 Å². The third kappa shape index (κ3) is 5.87. The van der Waals surface area contributed by atoms with Crippen molar-refractivity contribution in [2.45, 2.75) is 50.9 Å². The molecule has 3 aromatic rings. The zero-order chi connectivity index (χ0) is 24.7. The molecule has 0 bridgehead atoms. The van der Waals surface area contributed by atoms with Crippen molar-refractivity contribution in [2.75, 3.05) is 18.7 Å². The van der Waals surface area contributed by atoms with Gasteiger partial charge in [-0.1, -0.05) is 41.6 Å². The highest BCUT2D eigenvalue weighted by Gasteiger charge is 2.34. The SMILES string of the molecule is O=C(O)CC(Cc1ccccc1)C(C1=COCO1)c1cc(CCCc2ccc3c(n2)NCCC3)on1. The number of hydrogen-bond acceptors (Lipinski definition) is 7. The van der Waals surface area contributed by atoms with Crippen molar-refractivity contribution in [1.29, 1.82) is 0 Å². The Bertz CT molecular complexity index is 1210. The lowest BCUT2D eigenvalue weighted by atomic mass is 9.81. The van der Waals surface area contributed by atoms with Crippen LogP contribution in [0.4, 0.5) is 5.82 Å². The average Bonchev–Trinajstić information content (AvgIpc) is 3.58. The molecule has 2 unspecified atom stereocenters. The molecule has 8 nitrogen and oxygen atoms in total. The number of aromatic nitrogens is 2. The number of aryl methyl sites for hydroxylation is 3. The third-order valence-corrected chi connectivity index (χ3v) is 6.75. The van der Waals surface area contributed by atoms with E-state index >= 15 is 0 Å². The summed E-state index contributed by atoms with van der Waals surface area (Å²) in [5, 5.41) is 17.4. The number of aliphatic carboxylic acids is 1. The number of nitrogens with zero attached hydrogens (tertiary/aromatic N) is 2. The van der Waals surface area contributed by atoms with E-state index < -0.39 is 5.97 Å². The largest absolute Gasteiger partial charge is 0.481 e. The Morgan fingerprint density at radius 3 is 2.83 bits per heavy atom. The first kappa shape index (κ1) is 23.9. The molecule has 2 aliphatic rings. The zero-order valence-corrected chi connectivity index (χ0v) is 20.2. The van der Waals surface area contributed by atoms with Gasteiger partial charge in [0.2, 0.25) is 6.79 Å². The maximum atomic E-state index is 11.8. The van der Waals surface area contributed by atoms with Crippen molar-refractivity contribution >= 4 is 11.8 Å². The number of pyridine rings is 1. The molecule has 0 spiro atoms. The highest BCUT2D eigenvalue weighted by Crippen LogP contribution is 2.38. The Morgan fingerprint density at radius 1 is 1.14 bits per heavy atom. The molecule has 1 aromatic carbocycles. The maximum absolute atomic E-state index is 11.8. The Hall–Kier alpha value is -3.81. The Balaban J connectivity index is 1.29. The zero-order valence-electron chi connectivity index (χ0n) is 20.2. The minimum absolute atomic E-state index is 0.0273. The molecule has 0 amide bonds. The summed E-state index contributed by atoms with van der Waals surface area (Å²) in [6, 6.07) is 16.1. The van der Waals surface area contributed by atoms with Crippen LogP contribution in [0, 0.1) is 5.92 Å². The van der Waals surface area contributed by atoms with Gasteiger partial charge in [-0.05, 0) is 55.2 Å². The monoisotopic (exact) mass is 489 g/mol. The standard InChI is InChI=1S/C28H31N3O5/c32-26(33)15-21(14-19-6-2-1-3-7-19)27(25-17-34-18-35-25)24-16-23(36-31-24)10-4-9-22-12-11-20-8-5-13-29-28(20)30-22/h1-3,6-7,11-12,16-17,21,27H,4-5,8-10,13-15,18H2,(H,29,30)(H,32,33). The minimum atomic E-state index is -0.865. The molecule has 0 aliphatic carbocycles. The van der Waals surface area contributed by atoms with Gasteiger partial charge in [-0.2, -0.15) is 0 Å². The van der Waals surface area contributed by atoms with E-state index in [4.69, 9.17) is 19.0 Å². The van der Waals surface area contributed by atoms with Gasteiger partial charge in [0, 0.05) is 31.1 Å². The summed E-state index contributed by atoms with van der Waals surface area (Å²) in [6.07, 6.45) is 6.76. The number of carboxylic acid groups (broad SMARTS) is 1. The Morgan fingerprint density at radius 2 is 2.03 bits per heavy atom. The second-order valence-corrected chi connectivity index (χ2v) is 9.39. The van der Waals surface area contributed by atoms with Crippen molar-refractivity contribution in [3.63, 3.8) is 0 Å². The van der Waals surface area contributed by atoms with E-state index in [0.29, 0.717) is 24.3 Å². The van der Waals surface area contributed by atoms with Gasteiger partial charge in [-0.3, -0.25) is 4.79 Å². The van der Waals surface area contributed by atoms with Gasteiger partial charge >= 0.3 is 5.97 Å². The van der Waals surface area contributed by atoms with Crippen LogP contribution in [0.2, 0.25) is 0 Å². The number of allylic oxidation sites excluding steroid dienone is 1. The molecular formula is C28H31N3O5. The van der Waals surface area contributed by atoms with E-state index in [-0.39, 0.29) is 25.0 Å². The fourth-order valence-corrected chi connectivity index (χ4v) is 5.03. The average molecular weight is 490 g/mol. The molecule has 5 rings (SSSR count). The van der Waals surface area contributed by atoms with Gasteiger partial charge in [0.05, 0.1) is 11.6 Å². The van der Waals surface area contributed by atoms with Crippen LogP contribution in [0.15, 0.2) is 65.1 Å². The molecule has 188 valence electrons. The molecule has 8 heteroatoms. The summed E-state index contributed by atoms with van der Waals surface area (Å²) in [4.78, 5) is 16.5. The topological polar surface area (TPSA) is 107 Å². The molecule has 0 saturated heterocycles. The highest BCUT2D eigenvalue weighted by molar-refractivity contribution is 5.67. The van der Waals surface area contributed by atoms with Crippen LogP contribution in [-0.4, -0.2) is 34.6 Å². The molecule has 0 saturated carbocycles. The molecule has 2 aromatic heterocycles. The van der Waals surface area contributed by atoms with Gasteiger partial charge < -0.3 is 24.4 Å². The van der Waals surface area contributed by atoms with Gasteiger partial charge in [0.1, 0.15) is 23.6 Å². The fourth-order valence-electron chi connectivity index (χ4n) is 5.03. The predicted octanol–water partition coefficient (Wildman–Crippen LogP) is 4.87. The van der Waals surface area contributed by atoms with Crippen LogP contribution >= 0.6 is 0 Å². The molecule has 2 aliphatic heterocycles. The number of rotatable bonds is 11. The molecule has 4 heterocycles. The van der Waals surface area contributed by atoms with E-state index in [1.165, 1.54) is 5.56 Å². The molecule has 0 radical (unpaired) electrons. The smallest absolute Gasteiger partial charge is 0.303 e. The van der Waals surface area contributed by atoms with E-state index in [1.807, 2.05) is 36.4 Å². The quantitative estimate of drug-likeness (QED) is 0.393. The van der Waals surface area contributed by atoms with Crippen molar-refractivity contribution in [1.82, 2.24) is 10.1 Å². The number of fused-ring (bicyclic) bond motifs is 1. The van der Waals surface area contributed by atoms with Crippen molar-refractivity contribution in [2.24, 2.45) is 5.92 Å². The van der Waals surface area contributed by atoms with Crippen LogP contribution in [0.5, 0.6) is 0 Å². The second-order valence-electron chi connectivity index (χ2n) is 9.39. The summed E-state index contributed by atoms with van der Waals surface area (Å²) >= 11 is 0. The van der Waals surface area contributed by atoms with Gasteiger partial charge in [-0.25, -0.2) is 4.98 Å². The summed E-state index contributed by atoms with van der Waals surface area (Å²) in [6.45, 7) is 1.09. The van der Waals surface area contributed by atoms with E-state index in [0.717, 1.165) is 55.1 Å². The summed E-state index contributed by atoms with van der Waals surface area (Å²) in [5.41, 5.74) is 4.07. The fraction of sp³-hybridized carbons (Fsp3) is 0.393. The molecule has 2 N–H and O–H groups in total. The first-order chi connectivity index (χ1) is 17.7.